The number of ether oxygens (including phenoxy) is 1. The molecule has 0 N–H and O–H groups in total. The fraction of sp³-hybridized carbons (Fsp3) is 0.263. The van der Waals surface area contributed by atoms with Crippen molar-refractivity contribution in [2.75, 3.05) is 23.5 Å². The van der Waals surface area contributed by atoms with Crippen LogP contribution in [0.4, 0.5) is 11.4 Å². The molecule has 5 heteroatoms. The predicted octanol–water partition coefficient (Wildman–Crippen LogP) is 3.10. The lowest BCUT2D eigenvalue weighted by atomic mass is 10.1. The van der Waals surface area contributed by atoms with Crippen molar-refractivity contribution in [3.63, 3.8) is 0 Å². The Morgan fingerprint density at radius 1 is 1.04 bits per heavy atom. The molecule has 1 atom stereocenters. The van der Waals surface area contributed by atoms with E-state index in [-0.39, 0.29) is 17.9 Å². The van der Waals surface area contributed by atoms with Gasteiger partial charge in [0.05, 0.1) is 30.1 Å². The zero-order valence-electron chi connectivity index (χ0n) is 14.0. The molecule has 24 heavy (non-hydrogen) atoms. The number of hydrogen-bond donors (Lipinski definition) is 0. The summed E-state index contributed by atoms with van der Waals surface area (Å²) in [5.41, 5.74) is 2.01. The number of rotatable bonds is 2. The van der Waals surface area contributed by atoms with E-state index in [2.05, 4.69) is 0 Å². The van der Waals surface area contributed by atoms with Gasteiger partial charge in [0.25, 0.3) is 5.91 Å². The summed E-state index contributed by atoms with van der Waals surface area (Å²) in [5.74, 6) is 0.385. The van der Waals surface area contributed by atoms with Crippen molar-refractivity contribution in [3.8, 4) is 5.75 Å². The van der Waals surface area contributed by atoms with Crippen molar-refractivity contribution in [3.05, 3.63) is 54.1 Å². The van der Waals surface area contributed by atoms with Gasteiger partial charge in [-0.15, -0.1) is 0 Å². The average molecular weight is 324 g/mol. The highest BCUT2D eigenvalue weighted by Gasteiger charge is 2.34. The number of hydrogen-bond acceptors (Lipinski definition) is 3. The molecule has 0 radical (unpaired) electrons. The summed E-state index contributed by atoms with van der Waals surface area (Å²) >= 11 is 0. The highest BCUT2D eigenvalue weighted by molar-refractivity contribution is 6.11. The van der Waals surface area contributed by atoms with Gasteiger partial charge in [-0.3, -0.25) is 9.59 Å². The average Bonchev–Trinajstić information content (AvgIpc) is 2.59. The topological polar surface area (TPSA) is 49.9 Å². The Morgan fingerprint density at radius 3 is 2.33 bits per heavy atom. The van der Waals surface area contributed by atoms with E-state index in [9.17, 15) is 9.59 Å². The zero-order chi connectivity index (χ0) is 17.3. The first-order chi connectivity index (χ1) is 11.5. The lowest BCUT2D eigenvalue weighted by Gasteiger charge is -2.40. The van der Waals surface area contributed by atoms with Gasteiger partial charge in [-0.2, -0.15) is 0 Å². The quantitative estimate of drug-likeness (QED) is 0.853. The largest absolute Gasteiger partial charge is 0.496 e. The van der Waals surface area contributed by atoms with Crippen molar-refractivity contribution in [2.24, 2.45) is 0 Å². The van der Waals surface area contributed by atoms with E-state index in [0.717, 1.165) is 11.4 Å². The number of benzene rings is 2. The van der Waals surface area contributed by atoms with Crippen LogP contribution < -0.4 is 14.5 Å². The molecule has 2 aromatic carbocycles. The van der Waals surface area contributed by atoms with Crippen LogP contribution in [0.25, 0.3) is 0 Å². The third-order valence-corrected chi connectivity index (χ3v) is 4.24. The normalized spacial score (nSPS) is 16.5. The number of carbonyl (C=O) groups excluding carboxylic acids is 2. The van der Waals surface area contributed by atoms with Crippen molar-refractivity contribution >= 4 is 23.2 Å². The lowest BCUT2D eigenvalue weighted by molar-refractivity contribution is -0.117. The summed E-state index contributed by atoms with van der Waals surface area (Å²) in [5, 5.41) is 0. The van der Waals surface area contributed by atoms with E-state index < -0.39 is 0 Å². The first kappa shape index (κ1) is 16.1. The maximum Gasteiger partial charge on any atom is 0.262 e. The third-order valence-electron chi connectivity index (χ3n) is 4.24. The predicted molar refractivity (Wildman–Crippen MR) is 93.7 cm³/mol. The second-order valence-electron chi connectivity index (χ2n) is 5.84. The highest BCUT2D eigenvalue weighted by Crippen LogP contribution is 2.37. The van der Waals surface area contributed by atoms with Crippen LogP contribution >= 0.6 is 0 Å². The van der Waals surface area contributed by atoms with E-state index in [1.807, 2.05) is 43.3 Å². The molecule has 0 saturated carbocycles. The van der Waals surface area contributed by atoms with Gasteiger partial charge in [0.2, 0.25) is 5.91 Å². The molecule has 0 bridgehead atoms. The molecule has 2 amide bonds. The van der Waals surface area contributed by atoms with E-state index in [4.69, 9.17) is 4.74 Å². The van der Waals surface area contributed by atoms with Crippen LogP contribution in [0.5, 0.6) is 5.75 Å². The summed E-state index contributed by atoms with van der Waals surface area (Å²) in [4.78, 5) is 28.6. The van der Waals surface area contributed by atoms with Crippen LogP contribution in [0.3, 0.4) is 0 Å². The number of nitrogens with zero attached hydrogens (tertiary/aromatic N) is 2. The standard InChI is InChI=1S/C19H20N2O3/c1-13-12-20(19(23)15-8-4-7-11-18(15)24-3)16-9-5-6-10-17(16)21(13)14(2)22/h4-11,13H,12H2,1-3H3/t13-/m0/s1. The lowest BCUT2D eigenvalue weighted by Crippen LogP contribution is -2.51. The Labute approximate surface area is 141 Å². The minimum atomic E-state index is -0.130. The van der Waals surface area contributed by atoms with Crippen molar-refractivity contribution < 1.29 is 14.3 Å². The molecular weight excluding hydrogens is 304 g/mol. The molecule has 0 aliphatic carbocycles. The van der Waals surface area contributed by atoms with Crippen LogP contribution in [-0.2, 0) is 4.79 Å². The van der Waals surface area contributed by atoms with Gasteiger partial charge in [0.1, 0.15) is 5.75 Å². The van der Waals surface area contributed by atoms with Gasteiger partial charge in [-0.1, -0.05) is 24.3 Å². The Bertz CT molecular complexity index is 788. The molecule has 5 nitrogen and oxygen atoms in total. The number of carbonyl (C=O) groups is 2. The van der Waals surface area contributed by atoms with E-state index in [1.165, 1.54) is 0 Å². The Hall–Kier alpha value is -2.82. The number of methoxy groups -OCH3 is 1. The van der Waals surface area contributed by atoms with E-state index in [1.54, 1.807) is 36.0 Å². The minimum absolute atomic E-state index is 0.0284. The summed E-state index contributed by atoms with van der Waals surface area (Å²) in [7, 11) is 1.55. The van der Waals surface area contributed by atoms with Gasteiger partial charge in [0, 0.05) is 13.5 Å². The maximum absolute atomic E-state index is 13.1. The Balaban J connectivity index is 2.07. The second kappa shape index (κ2) is 6.35. The molecule has 0 unspecified atom stereocenters. The van der Waals surface area contributed by atoms with Gasteiger partial charge in [-0.05, 0) is 31.2 Å². The fourth-order valence-corrected chi connectivity index (χ4v) is 3.22. The third kappa shape index (κ3) is 2.62. The summed E-state index contributed by atoms with van der Waals surface area (Å²) in [6.45, 7) is 3.93. The Morgan fingerprint density at radius 2 is 1.67 bits per heavy atom. The van der Waals surface area contributed by atoms with Gasteiger partial charge in [0.15, 0.2) is 0 Å². The smallest absolute Gasteiger partial charge is 0.262 e. The van der Waals surface area contributed by atoms with E-state index >= 15 is 0 Å². The number of para-hydroxylation sites is 3. The molecule has 0 spiro atoms. The SMILES string of the molecule is COc1ccccc1C(=O)N1C[C@H](C)N(C(C)=O)c2ccccc21. The maximum atomic E-state index is 13.1. The molecule has 0 saturated heterocycles. The van der Waals surface area contributed by atoms with Crippen molar-refractivity contribution in [1.82, 2.24) is 0 Å². The van der Waals surface area contributed by atoms with E-state index in [0.29, 0.717) is 17.9 Å². The molecule has 124 valence electrons. The fourth-order valence-electron chi connectivity index (χ4n) is 3.22. The van der Waals surface area contributed by atoms with Crippen molar-refractivity contribution in [1.29, 1.82) is 0 Å². The first-order valence-electron chi connectivity index (χ1n) is 7.88. The summed E-state index contributed by atoms with van der Waals surface area (Å²) in [6, 6.07) is 14.6. The summed E-state index contributed by atoms with van der Waals surface area (Å²) in [6.07, 6.45) is 0. The monoisotopic (exact) mass is 324 g/mol. The zero-order valence-corrected chi connectivity index (χ0v) is 14.0. The minimum Gasteiger partial charge on any atom is -0.496 e. The van der Waals surface area contributed by atoms with Gasteiger partial charge in [-0.25, -0.2) is 0 Å². The van der Waals surface area contributed by atoms with Crippen LogP contribution in [0, 0.1) is 0 Å². The molecule has 1 aliphatic heterocycles. The summed E-state index contributed by atoms with van der Waals surface area (Å²) < 4.78 is 5.32. The molecule has 3 rings (SSSR count). The van der Waals surface area contributed by atoms with Crippen LogP contribution in [0.1, 0.15) is 24.2 Å². The van der Waals surface area contributed by atoms with Crippen LogP contribution in [0.2, 0.25) is 0 Å². The number of fused-ring (bicyclic) bond motifs is 1. The molecule has 2 aromatic rings. The van der Waals surface area contributed by atoms with Gasteiger partial charge < -0.3 is 14.5 Å². The number of amides is 2. The second-order valence-corrected chi connectivity index (χ2v) is 5.84. The van der Waals surface area contributed by atoms with Gasteiger partial charge >= 0.3 is 0 Å². The molecular formula is C19H20N2O3. The van der Waals surface area contributed by atoms with Crippen molar-refractivity contribution in [2.45, 2.75) is 19.9 Å². The first-order valence-corrected chi connectivity index (χ1v) is 7.88. The Kier molecular flexibility index (Phi) is 4.25. The van der Waals surface area contributed by atoms with Crippen LogP contribution in [0.15, 0.2) is 48.5 Å². The molecule has 0 fully saturated rings. The molecule has 1 aliphatic rings. The molecule has 0 aromatic heterocycles. The highest BCUT2D eigenvalue weighted by atomic mass is 16.5. The molecule has 1 heterocycles. The van der Waals surface area contributed by atoms with Crippen LogP contribution in [-0.4, -0.2) is 31.5 Å². The number of anilines is 2.